The van der Waals surface area contributed by atoms with E-state index >= 15 is 0 Å². The van der Waals surface area contributed by atoms with Crippen LogP contribution in [0.2, 0.25) is 0 Å². The molecule has 0 aliphatic heterocycles. The maximum atomic E-state index is 12.7. The predicted molar refractivity (Wildman–Crippen MR) is 69.0 cm³/mol. The molecule has 1 rings (SSSR count). The fraction of sp³-hybridized carbons (Fsp3) is 0.500. The van der Waals surface area contributed by atoms with E-state index in [2.05, 4.69) is 5.32 Å². The second kappa shape index (κ2) is 5.85. The molecule has 18 heavy (non-hydrogen) atoms. The van der Waals surface area contributed by atoms with Crippen molar-refractivity contribution in [1.29, 1.82) is 0 Å². The third kappa shape index (κ3) is 4.35. The van der Waals surface area contributed by atoms with Crippen LogP contribution in [0.3, 0.4) is 0 Å². The Labute approximate surface area is 107 Å². The summed E-state index contributed by atoms with van der Waals surface area (Å²) in [7, 11) is 0. The van der Waals surface area contributed by atoms with E-state index in [4.69, 9.17) is 4.74 Å². The quantitative estimate of drug-likeness (QED) is 0.876. The van der Waals surface area contributed by atoms with Crippen LogP contribution in [0.5, 0.6) is 5.75 Å². The van der Waals surface area contributed by atoms with Gasteiger partial charge in [0.25, 0.3) is 5.91 Å². The third-order valence-corrected chi connectivity index (χ3v) is 2.84. The summed E-state index contributed by atoms with van der Waals surface area (Å²) in [5.74, 6) is -0.0221. The Morgan fingerprint density at radius 2 is 1.94 bits per heavy atom. The largest absolute Gasteiger partial charge is 0.481 e. The molecule has 0 bridgehead atoms. The molecule has 0 aliphatic rings. The van der Waals surface area contributed by atoms with Gasteiger partial charge in [0.2, 0.25) is 0 Å². The summed E-state index contributed by atoms with van der Waals surface area (Å²) in [5, 5.41) is 2.90. The summed E-state index contributed by atoms with van der Waals surface area (Å²) in [6.45, 7) is 7.58. The molecular formula is C14H20FNO2. The van der Waals surface area contributed by atoms with Gasteiger partial charge in [0.1, 0.15) is 11.6 Å². The van der Waals surface area contributed by atoms with E-state index < -0.39 is 6.10 Å². The minimum Gasteiger partial charge on any atom is -0.481 e. The van der Waals surface area contributed by atoms with Crippen LogP contribution >= 0.6 is 0 Å². The number of nitrogens with one attached hydrogen (secondary N) is 1. The summed E-state index contributed by atoms with van der Waals surface area (Å²) < 4.78 is 18.2. The minimum atomic E-state index is -0.610. The van der Waals surface area contributed by atoms with Crippen molar-refractivity contribution >= 4 is 5.91 Å². The number of halogens is 1. The smallest absolute Gasteiger partial charge is 0.261 e. The van der Waals surface area contributed by atoms with Crippen LogP contribution in [-0.2, 0) is 4.79 Å². The highest BCUT2D eigenvalue weighted by molar-refractivity contribution is 5.81. The Morgan fingerprint density at radius 3 is 2.44 bits per heavy atom. The lowest BCUT2D eigenvalue weighted by Crippen LogP contribution is -2.48. The van der Waals surface area contributed by atoms with Crippen molar-refractivity contribution in [1.82, 2.24) is 5.32 Å². The maximum Gasteiger partial charge on any atom is 0.261 e. The number of amides is 1. The molecule has 0 saturated heterocycles. The van der Waals surface area contributed by atoms with Gasteiger partial charge in [-0.3, -0.25) is 4.79 Å². The molecule has 1 aromatic carbocycles. The molecule has 1 amide bonds. The monoisotopic (exact) mass is 253 g/mol. The number of hydrogen-bond acceptors (Lipinski definition) is 2. The Kier molecular flexibility index (Phi) is 4.70. The molecule has 0 heterocycles. The van der Waals surface area contributed by atoms with Crippen LogP contribution in [-0.4, -0.2) is 17.6 Å². The van der Waals surface area contributed by atoms with Crippen LogP contribution in [0.4, 0.5) is 4.39 Å². The van der Waals surface area contributed by atoms with Crippen molar-refractivity contribution in [2.75, 3.05) is 0 Å². The lowest BCUT2D eigenvalue weighted by molar-refractivity contribution is -0.128. The van der Waals surface area contributed by atoms with Gasteiger partial charge in [0, 0.05) is 5.54 Å². The molecule has 1 atom stereocenters. The molecule has 3 nitrogen and oxygen atoms in total. The fourth-order valence-electron chi connectivity index (χ4n) is 1.29. The lowest BCUT2D eigenvalue weighted by Gasteiger charge is -2.26. The molecule has 1 unspecified atom stereocenters. The van der Waals surface area contributed by atoms with Crippen molar-refractivity contribution in [3.8, 4) is 5.75 Å². The SMILES string of the molecule is CCC(C)(C)NC(=O)C(C)Oc1ccc(F)cc1. The highest BCUT2D eigenvalue weighted by atomic mass is 19.1. The van der Waals surface area contributed by atoms with Gasteiger partial charge >= 0.3 is 0 Å². The molecule has 0 aromatic heterocycles. The average molecular weight is 253 g/mol. The molecule has 0 saturated carbocycles. The zero-order valence-electron chi connectivity index (χ0n) is 11.3. The summed E-state index contributed by atoms with van der Waals surface area (Å²) in [6, 6.07) is 5.61. The Morgan fingerprint density at radius 1 is 1.39 bits per heavy atom. The topological polar surface area (TPSA) is 38.3 Å². The number of carbonyl (C=O) groups excluding carboxylic acids is 1. The normalized spacial score (nSPS) is 12.9. The van der Waals surface area contributed by atoms with Gasteiger partial charge in [-0.1, -0.05) is 6.92 Å². The molecule has 100 valence electrons. The Hall–Kier alpha value is -1.58. The van der Waals surface area contributed by atoms with Gasteiger partial charge in [-0.15, -0.1) is 0 Å². The molecule has 4 heteroatoms. The summed E-state index contributed by atoms with van der Waals surface area (Å²) in [5.41, 5.74) is -0.252. The Balaban J connectivity index is 2.57. The second-order valence-electron chi connectivity index (χ2n) is 4.94. The molecule has 0 fully saturated rings. The number of carbonyl (C=O) groups is 1. The van der Waals surface area contributed by atoms with Gasteiger partial charge in [-0.05, 0) is 51.5 Å². The summed E-state index contributed by atoms with van der Waals surface area (Å²) in [4.78, 5) is 11.9. The Bertz CT molecular complexity index is 401. The highest BCUT2D eigenvalue weighted by Gasteiger charge is 2.22. The van der Waals surface area contributed by atoms with Crippen molar-refractivity contribution in [2.24, 2.45) is 0 Å². The number of benzene rings is 1. The molecule has 1 aromatic rings. The first-order chi connectivity index (χ1) is 8.34. The fourth-order valence-corrected chi connectivity index (χ4v) is 1.29. The standard InChI is InChI=1S/C14H20FNO2/c1-5-14(3,4)16-13(17)10(2)18-12-8-6-11(15)7-9-12/h6-10H,5H2,1-4H3,(H,16,17). The van der Waals surface area contributed by atoms with Gasteiger partial charge in [-0.25, -0.2) is 4.39 Å². The maximum absolute atomic E-state index is 12.7. The molecule has 1 N–H and O–H groups in total. The third-order valence-electron chi connectivity index (χ3n) is 2.84. The van der Waals surface area contributed by atoms with E-state index in [-0.39, 0.29) is 17.3 Å². The second-order valence-corrected chi connectivity index (χ2v) is 4.94. The van der Waals surface area contributed by atoms with Crippen LogP contribution in [0.25, 0.3) is 0 Å². The zero-order chi connectivity index (χ0) is 13.8. The van der Waals surface area contributed by atoms with E-state index in [1.54, 1.807) is 6.92 Å². The van der Waals surface area contributed by atoms with Crippen molar-refractivity contribution in [3.05, 3.63) is 30.1 Å². The predicted octanol–water partition coefficient (Wildman–Crippen LogP) is 2.90. The van der Waals surface area contributed by atoms with Gasteiger partial charge in [-0.2, -0.15) is 0 Å². The first kappa shape index (κ1) is 14.5. The van der Waals surface area contributed by atoms with Gasteiger partial charge in [0.15, 0.2) is 6.10 Å². The van der Waals surface area contributed by atoms with Crippen LogP contribution < -0.4 is 10.1 Å². The van der Waals surface area contributed by atoms with E-state index in [0.29, 0.717) is 5.75 Å². The van der Waals surface area contributed by atoms with E-state index in [0.717, 1.165) is 6.42 Å². The van der Waals surface area contributed by atoms with Crippen molar-refractivity contribution in [2.45, 2.75) is 45.8 Å². The van der Waals surface area contributed by atoms with Crippen LogP contribution in [0.1, 0.15) is 34.1 Å². The van der Waals surface area contributed by atoms with E-state index in [9.17, 15) is 9.18 Å². The molecule has 0 spiro atoms. The first-order valence-corrected chi connectivity index (χ1v) is 6.08. The molecule has 0 radical (unpaired) electrons. The first-order valence-electron chi connectivity index (χ1n) is 6.08. The number of hydrogen-bond donors (Lipinski definition) is 1. The number of ether oxygens (including phenoxy) is 1. The highest BCUT2D eigenvalue weighted by Crippen LogP contribution is 2.14. The van der Waals surface area contributed by atoms with Crippen molar-refractivity contribution < 1.29 is 13.9 Å². The minimum absolute atomic E-state index is 0.175. The van der Waals surface area contributed by atoms with Gasteiger partial charge < -0.3 is 10.1 Å². The average Bonchev–Trinajstić information content (AvgIpc) is 2.31. The number of rotatable bonds is 5. The zero-order valence-corrected chi connectivity index (χ0v) is 11.3. The van der Waals surface area contributed by atoms with E-state index in [1.807, 2.05) is 20.8 Å². The summed E-state index contributed by atoms with van der Waals surface area (Å²) >= 11 is 0. The lowest BCUT2D eigenvalue weighted by atomic mass is 10.0. The van der Waals surface area contributed by atoms with Crippen LogP contribution in [0.15, 0.2) is 24.3 Å². The molecular weight excluding hydrogens is 233 g/mol. The van der Waals surface area contributed by atoms with Crippen molar-refractivity contribution in [3.63, 3.8) is 0 Å². The van der Waals surface area contributed by atoms with E-state index in [1.165, 1.54) is 24.3 Å². The van der Waals surface area contributed by atoms with Gasteiger partial charge in [0.05, 0.1) is 0 Å². The molecule has 0 aliphatic carbocycles. The summed E-state index contributed by atoms with van der Waals surface area (Å²) in [6.07, 6.45) is 0.225. The van der Waals surface area contributed by atoms with Crippen LogP contribution in [0, 0.1) is 5.82 Å².